The van der Waals surface area contributed by atoms with Gasteiger partial charge < -0.3 is 10.3 Å². The number of hydrogen-bond donors (Lipinski definition) is 2. The van der Waals surface area contributed by atoms with E-state index in [4.69, 9.17) is 0 Å². The number of aryl methyl sites for hydroxylation is 2. The third-order valence-electron chi connectivity index (χ3n) is 4.15. The Bertz CT molecular complexity index is 827. The summed E-state index contributed by atoms with van der Waals surface area (Å²) in [6, 6.07) is 0. The molecule has 0 atom stereocenters. The predicted octanol–water partition coefficient (Wildman–Crippen LogP) is 2.22. The molecule has 2 rings (SSSR count). The SMILES string of the molecule is CCCn1nc(C)c(CNC(=O)c2cnc(C(C)(C)C)[nH]c2=O)c1C. The van der Waals surface area contributed by atoms with E-state index >= 15 is 0 Å². The number of amides is 1. The van der Waals surface area contributed by atoms with Gasteiger partial charge in [-0.3, -0.25) is 14.3 Å². The maximum Gasteiger partial charge on any atom is 0.263 e. The highest BCUT2D eigenvalue weighted by molar-refractivity contribution is 5.93. The molecule has 25 heavy (non-hydrogen) atoms. The lowest BCUT2D eigenvalue weighted by molar-refractivity contribution is 0.0948. The number of aromatic nitrogens is 4. The van der Waals surface area contributed by atoms with Gasteiger partial charge in [-0.05, 0) is 20.3 Å². The van der Waals surface area contributed by atoms with Crippen LogP contribution in [0.5, 0.6) is 0 Å². The second-order valence-electron chi connectivity index (χ2n) is 7.28. The Labute approximate surface area is 147 Å². The predicted molar refractivity (Wildman–Crippen MR) is 96.7 cm³/mol. The van der Waals surface area contributed by atoms with Crippen LogP contribution in [0.3, 0.4) is 0 Å². The van der Waals surface area contributed by atoms with Crippen molar-refractivity contribution >= 4 is 5.91 Å². The summed E-state index contributed by atoms with van der Waals surface area (Å²) in [6.07, 6.45) is 2.34. The van der Waals surface area contributed by atoms with E-state index in [-0.39, 0.29) is 11.0 Å². The molecule has 0 unspecified atom stereocenters. The normalized spacial score (nSPS) is 11.6. The topological polar surface area (TPSA) is 92.7 Å². The Morgan fingerprint density at radius 3 is 2.56 bits per heavy atom. The van der Waals surface area contributed by atoms with Gasteiger partial charge >= 0.3 is 0 Å². The molecule has 0 aliphatic heterocycles. The van der Waals surface area contributed by atoms with Crippen molar-refractivity contribution in [3.05, 3.63) is 44.9 Å². The average Bonchev–Trinajstić information content (AvgIpc) is 2.78. The molecule has 0 saturated carbocycles. The van der Waals surface area contributed by atoms with Gasteiger partial charge in [0, 0.05) is 36.0 Å². The van der Waals surface area contributed by atoms with Crippen molar-refractivity contribution in [2.24, 2.45) is 0 Å². The van der Waals surface area contributed by atoms with Crippen molar-refractivity contribution in [3.63, 3.8) is 0 Å². The lowest BCUT2D eigenvalue weighted by Gasteiger charge is -2.16. The number of nitrogens with zero attached hydrogens (tertiary/aromatic N) is 3. The molecule has 0 aromatic carbocycles. The fourth-order valence-electron chi connectivity index (χ4n) is 2.62. The number of carbonyl (C=O) groups excluding carboxylic acids is 1. The number of rotatable bonds is 5. The van der Waals surface area contributed by atoms with E-state index < -0.39 is 11.5 Å². The van der Waals surface area contributed by atoms with Crippen molar-refractivity contribution in [2.45, 2.75) is 66.5 Å². The minimum Gasteiger partial charge on any atom is -0.348 e. The molecule has 2 aromatic heterocycles. The first-order valence-corrected chi connectivity index (χ1v) is 8.56. The van der Waals surface area contributed by atoms with Crippen molar-refractivity contribution in [1.29, 1.82) is 0 Å². The van der Waals surface area contributed by atoms with Crippen LogP contribution in [0.2, 0.25) is 0 Å². The summed E-state index contributed by atoms with van der Waals surface area (Å²) in [5.41, 5.74) is 2.22. The first kappa shape index (κ1) is 18.9. The van der Waals surface area contributed by atoms with E-state index in [9.17, 15) is 9.59 Å². The molecule has 0 spiro atoms. The van der Waals surface area contributed by atoms with Gasteiger partial charge in [-0.25, -0.2) is 4.98 Å². The van der Waals surface area contributed by atoms with Gasteiger partial charge in [0.25, 0.3) is 11.5 Å². The third-order valence-corrected chi connectivity index (χ3v) is 4.15. The maximum atomic E-state index is 12.4. The van der Waals surface area contributed by atoms with Crippen LogP contribution >= 0.6 is 0 Å². The fraction of sp³-hybridized carbons (Fsp3) is 0.556. The molecule has 2 N–H and O–H groups in total. The highest BCUT2D eigenvalue weighted by Gasteiger charge is 2.20. The summed E-state index contributed by atoms with van der Waals surface area (Å²) in [7, 11) is 0. The molecule has 0 aliphatic carbocycles. The minimum absolute atomic E-state index is 0.0178. The van der Waals surface area contributed by atoms with E-state index in [1.807, 2.05) is 39.3 Å². The number of carbonyl (C=O) groups is 1. The van der Waals surface area contributed by atoms with E-state index in [0.29, 0.717) is 12.4 Å². The average molecular weight is 345 g/mol. The summed E-state index contributed by atoms with van der Waals surface area (Å²) in [5.74, 6) is 0.123. The van der Waals surface area contributed by atoms with Gasteiger partial charge in [0.05, 0.1) is 5.69 Å². The van der Waals surface area contributed by atoms with Crippen molar-refractivity contribution in [1.82, 2.24) is 25.1 Å². The number of hydrogen-bond acceptors (Lipinski definition) is 4. The second-order valence-corrected chi connectivity index (χ2v) is 7.28. The summed E-state index contributed by atoms with van der Waals surface area (Å²) in [5, 5.41) is 7.29. The molecular weight excluding hydrogens is 318 g/mol. The quantitative estimate of drug-likeness (QED) is 0.869. The zero-order valence-corrected chi connectivity index (χ0v) is 15.9. The van der Waals surface area contributed by atoms with Crippen LogP contribution in [0.1, 0.15) is 67.2 Å². The zero-order chi connectivity index (χ0) is 18.8. The molecule has 0 aliphatic rings. The molecule has 2 aromatic rings. The Morgan fingerprint density at radius 2 is 2.00 bits per heavy atom. The number of nitrogens with one attached hydrogen (secondary N) is 2. The molecule has 0 fully saturated rings. The third kappa shape index (κ3) is 4.15. The van der Waals surface area contributed by atoms with Crippen molar-refractivity contribution < 1.29 is 4.79 Å². The van der Waals surface area contributed by atoms with E-state index in [1.54, 1.807) is 0 Å². The molecule has 7 nitrogen and oxygen atoms in total. The summed E-state index contributed by atoms with van der Waals surface area (Å²) in [6.45, 7) is 13.0. The van der Waals surface area contributed by atoms with Gasteiger partial charge in [0.2, 0.25) is 0 Å². The summed E-state index contributed by atoms with van der Waals surface area (Å²) >= 11 is 0. The van der Waals surface area contributed by atoms with Gasteiger partial charge in [0.1, 0.15) is 11.4 Å². The summed E-state index contributed by atoms with van der Waals surface area (Å²) < 4.78 is 1.95. The molecular formula is C18H27N5O2. The molecule has 0 saturated heterocycles. The van der Waals surface area contributed by atoms with Gasteiger partial charge in [0.15, 0.2) is 0 Å². The smallest absolute Gasteiger partial charge is 0.263 e. The lowest BCUT2D eigenvalue weighted by atomic mass is 9.96. The largest absolute Gasteiger partial charge is 0.348 e. The molecule has 7 heteroatoms. The highest BCUT2D eigenvalue weighted by atomic mass is 16.2. The van der Waals surface area contributed by atoms with Crippen LogP contribution in [0.4, 0.5) is 0 Å². The first-order valence-electron chi connectivity index (χ1n) is 8.56. The van der Waals surface area contributed by atoms with Gasteiger partial charge in [-0.1, -0.05) is 27.7 Å². The highest BCUT2D eigenvalue weighted by Crippen LogP contribution is 2.16. The van der Waals surface area contributed by atoms with E-state index in [1.165, 1.54) is 6.20 Å². The van der Waals surface area contributed by atoms with Crippen LogP contribution in [0.25, 0.3) is 0 Å². The Kier molecular flexibility index (Phi) is 5.45. The molecule has 1 amide bonds. The second kappa shape index (κ2) is 7.21. The number of H-pyrrole nitrogens is 1. The number of aromatic amines is 1. The van der Waals surface area contributed by atoms with Crippen LogP contribution < -0.4 is 10.9 Å². The van der Waals surface area contributed by atoms with E-state index in [0.717, 1.165) is 29.9 Å². The van der Waals surface area contributed by atoms with E-state index in [2.05, 4.69) is 27.3 Å². The van der Waals surface area contributed by atoms with Crippen LogP contribution in [-0.2, 0) is 18.5 Å². The molecule has 0 bridgehead atoms. The Hall–Kier alpha value is -2.44. The fourth-order valence-corrected chi connectivity index (χ4v) is 2.62. The first-order chi connectivity index (χ1) is 11.6. The van der Waals surface area contributed by atoms with Crippen molar-refractivity contribution in [3.8, 4) is 0 Å². The summed E-state index contributed by atoms with van der Waals surface area (Å²) in [4.78, 5) is 31.5. The lowest BCUT2D eigenvalue weighted by Crippen LogP contribution is -2.32. The van der Waals surface area contributed by atoms with Crippen molar-refractivity contribution in [2.75, 3.05) is 0 Å². The molecule has 136 valence electrons. The monoisotopic (exact) mass is 345 g/mol. The minimum atomic E-state index is -0.434. The van der Waals surface area contributed by atoms with Crippen LogP contribution in [0, 0.1) is 13.8 Å². The van der Waals surface area contributed by atoms with Gasteiger partial charge in [-0.15, -0.1) is 0 Å². The molecule has 2 heterocycles. The van der Waals surface area contributed by atoms with Gasteiger partial charge in [-0.2, -0.15) is 5.10 Å². The van der Waals surface area contributed by atoms with Crippen LogP contribution in [-0.4, -0.2) is 25.7 Å². The Balaban J connectivity index is 2.15. The zero-order valence-electron chi connectivity index (χ0n) is 15.9. The Morgan fingerprint density at radius 1 is 1.32 bits per heavy atom. The molecule has 0 radical (unpaired) electrons. The standard InChI is InChI=1S/C18H27N5O2/c1-7-8-23-12(3)13(11(2)22-23)9-19-15(24)14-10-20-17(18(4,5)6)21-16(14)25/h10H,7-9H2,1-6H3,(H,19,24)(H,20,21,25). The van der Waals surface area contributed by atoms with Crippen LogP contribution in [0.15, 0.2) is 11.0 Å². The maximum absolute atomic E-state index is 12.4.